The predicted octanol–water partition coefficient (Wildman–Crippen LogP) is 4.62. The molecule has 1 atom stereocenters. The van der Waals surface area contributed by atoms with Crippen LogP contribution in [0, 0.1) is 6.92 Å². The van der Waals surface area contributed by atoms with Gasteiger partial charge in [-0.2, -0.15) is 0 Å². The van der Waals surface area contributed by atoms with Gasteiger partial charge in [0.15, 0.2) is 5.78 Å². The monoisotopic (exact) mass is 346 g/mol. The van der Waals surface area contributed by atoms with E-state index in [1.165, 1.54) is 12.5 Å². The minimum atomic E-state index is -0.0926. The first-order valence-electron chi connectivity index (χ1n) is 8.63. The molecule has 2 aromatic carbocycles. The molecule has 0 fully saturated rings. The molecule has 0 aliphatic rings. The first-order chi connectivity index (χ1) is 12.5. The van der Waals surface area contributed by atoms with Crippen molar-refractivity contribution in [2.75, 3.05) is 5.32 Å². The maximum atomic E-state index is 12.6. The van der Waals surface area contributed by atoms with Gasteiger partial charge >= 0.3 is 0 Å². The lowest BCUT2D eigenvalue weighted by Gasteiger charge is -2.19. The highest BCUT2D eigenvalue weighted by molar-refractivity contribution is 5.97. The van der Waals surface area contributed by atoms with Crippen LogP contribution in [0.3, 0.4) is 0 Å². The fraction of sp³-hybridized carbons (Fsp3) is 0.182. The van der Waals surface area contributed by atoms with Gasteiger partial charge in [-0.3, -0.25) is 9.59 Å². The molecule has 0 saturated carbocycles. The predicted molar refractivity (Wildman–Crippen MR) is 103 cm³/mol. The molecule has 0 spiro atoms. The molecule has 1 heterocycles. The number of carbonyl (C=O) groups is 2. The van der Waals surface area contributed by atoms with E-state index in [1.807, 2.05) is 36.0 Å². The third-order valence-corrected chi connectivity index (χ3v) is 4.38. The van der Waals surface area contributed by atoms with E-state index in [9.17, 15) is 9.59 Å². The van der Waals surface area contributed by atoms with Crippen LogP contribution in [0.15, 0.2) is 73.1 Å². The quantitative estimate of drug-likeness (QED) is 0.662. The second-order valence-electron chi connectivity index (χ2n) is 6.45. The van der Waals surface area contributed by atoms with E-state index in [0.717, 1.165) is 5.56 Å². The summed E-state index contributed by atoms with van der Waals surface area (Å²) in [5.74, 6) is -0.115. The van der Waals surface area contributed by atoms with E-state index in [-0.39, 0.29) is 17.7 Å². The summed E-state index contributed by atoms with van der Waals surface area (Å²) in [6.07, 6.45) is 4.24. The van der Waals surface area contributed by atoms with E-state index in [1.54, 1.807) is 24.3 Å². The van der Waals surface area contributed by atoms with E-state index in [0.29, 0.717) is 17.7 Å². The number of amides is 1. The molecule has 0 aliphatic heterocycles. The van der Waals surface area contributed by atoms with E-state index >= 15 is 0 Å². The number of aromatic nitrogens is 1. The Labute approximate surface area is 153 Å². The number of Topliss-reactive ketones (excluding diaryl/α,β-unsaturated/α-hetero) is 1. The average molecular weight is 346 g/mol. The van der Waals surface area contributed by atoms with Crippen molar-refractivity contribution in [3.05, 3.63) is 89.7 Å². The maximum absolute atomic E-state index is 12.6. The lowest BCUT2D eigenvalue weighted by Crippen LogP contribution is -2.19. The second-order valence-corrected chi connectivity index (χ2v) is 6.45. The minimum absolute atomic E-state index is 0.0222. The molecule has 26 heavy (non-hydrogen) atoms. The maximum Gasteiger partial charge on any atom is 0.226 e. The molecule has 0 bridgehead atoms. The standard InChI is InChI=1S/C22H22N2O2/c1-16-8-10-18(11-9-16)21(24-12-3-4-13-24)15-22(26)23-20-7-5-6-19(14-20)17(2)25/h3-14,21H,15H2,1-2H3,(H,23,26)/t21-/m0/s1. The third kappa shape index (κ3) is 4.28. The highest BCUT2D eigenvalue weighted by Gasteiger charge is 2.17. The number of hydrogen-bond acceptors (Lipinski definition) is 2. The summed E-state index contributed by atoms with van der Waals surface area (Å²) in [4.78, 5) is 24.1. The summed E-state index contributed by atoms with van der Waals surface area (Å²) >= 11 is 0. The van der Waals surface area contributed by atoms with Crippen molar-refractivity contribution in [1.29, 1.82) is 0 Å². The molecule has 132 valence electrons. The largest absolute Gasteiger partial charge is 0.346 e. The van der Waals surface area contributed by atoms with Gasteiger partial charge in [-0.25, -0.2) is 0 Å². The van der Waals surface area contributed by atoms with E-state index < -0.39 is 0 Å². The van der Waals surface area contributed by atoms with Crippen molar-refractivity contribution >= 4 is 17.4 Å². The molecular weight excluding hydrogens is 324 g/mol. The number of hydrogen-bond donors (Lipinski definition) is 1. The summed E-state index contributed by atoms with van der Waals surface area (Å²) in [7, 11) is 0. The van der Waals surface area contributed by atoms with Crippen molar-refractivity contribution in [3.8, 4) is 0 Å². The van der Waals surface area contributed by atoms with Gasteiger partial charge in [-0.15, -0.1) is 0 Å². The Morgan fingerprint density at radius 2 is 1.69 bits per heavy atom. The summed E-state index contributed by atoms with van der Waals surface area (Å²) in [5.41, 5.74) is 3.49. The average Bonchev–Trinajstić information content (AvgIpc) is 3.15. The summed E-state index contributed by atoms with van der Waals surface area (Å²) in [5, 5.41) is 2.91. The van der Waals surface area contributed by atoms with Gasteiger partial charge in [-0.1, -0.05) is 42.0 Å². The second kappa shape index (κ2) is 7.83. The first-order valence-corrected chi connectivity index (χ1v) is 8.63. The van der Waals surface area contributed by atoms with Crippen LogP contribution >= 0.6 is 0 Å². The SMILES string of the molecule is CC(=O)c1cccc(NC(=O)C[C@@H](c2ccc(C)cc2)n2cccc2)c1. The van der Waals surface area contributed by atoms with Crippen LogP contribution in [0.5, 0.6) is 0 Å². The lowest BCUT2D eigenvalue weighted by molar-refractivity contribution is -0.116. The zero-order valence-corrected chi connectivity index (χ0v) is 15.0. The van der Waals surface area contributed by atoms with Crippen LogP contribution in [0.2, 0.25) is 0 Å². The number of ketones is 1. The molecule has 4 nitrogen and oxygen atoms in total. The molecule has 0 aliphatic carbocycles. The number of rotatable bonds is 6. The molecule has 1 N–H and O–H groups in total. The summed E-state index contributed by atoms with van der Waals surface area (Å²) < 4.78 is 2.04. The summed E-state index contributed by atoms with van der Waals surface area (Å²) in [6.45, 7) is 3.56. The topological polar surface area (TPSA) is 51.1 Å². The van der Waals surface area contributed by atoms with Crippen molar-refractivity contribution in [3.63, 3.8) is 0 Å². The fourth-order valence-electron chi connectivity index (χ4n) is 2.94. The molecule has 0 unspecified atom stereocenters. The molecule has 1 amide bonds. The number of nitrogens with one attached hydrogen (secondary N) is 1. The van der Waals surface area contributed by atoms with Crippen molar-refractivity contribution in [2.24, 2.45) is 0 Å². The van der Waals surface area contributed by atoms with Gasteiger partial charge in [0.25, 0.3) is 0 Å². The molecule has 0 saturated heterocycles. The highest BCUT2D eigenvalue weighted by Crippen LogP contribution is 2.24. The van der Waals surface area contributed by atoms with Crippen LogP contribution < -0.4 is 5.32 Å². The van der Waals surface area contributed by atoms with Gasteiger partial charge in [0.05, 0.1) is 12.5 Å². The number of carbonyl (C=O) groups excluding carboxylic acids is 2. The number of anilines is 1. The zero-order valence-electron chi connectivity index (χ0n) is 15.0. The Kier molecular flexibility index (Phi) is 5.32. The molecule has 0 radical (unpaired) electrons. The Morgan fingerprint density at radius 1 is 1.00 bits per heavy atom. The van der Waals surface area contributed by atoms with Crippen LogP contribution in [-0.4, -0.2) is 16.3 Å². The first kappa shape index (κ1) is 17.7. The van der Waals surface area contributed by atoms with Crippen molar-refractivity contribution in [1.82, 2.24) is 4.57 Å². The zero-order chi connectivity index (χ0) is 18.5. The fourth-order valence-corrected chi connectivity index (χ4v) is 2.94. The number of aryl methyl sites for hydroxylation is 1. The van der Waals surface area contributed by atoms with Gasteiger partial charge < -0.3 is 9.88 Å². The molecule has 1 aromatic heterocycles. The Bertz CT molecular complexity index is 896. The third-order valence-electron chi connectivity index (χ3n) is 4.38. The highest BCUT2D eigenvalue weighted by atomic mass is 16.1. The van der Waals surface area contributed by atoms with Crippen LogP contribution in [0.4, 0.5) is 5.69 Å². The Balaban J connectivity index is 1.78. The summed E-state index contributed by atoms with van der Waals surface area (Å²) in [6, 6.07) is 19.1. The minimum Gasteiger partial charge on any atom is -0.346 e. The normalized spacial score (nSPS) is 11.8. The van der Waals surface area contributed by atoms with Gasteiger partial charge in [-0.05, 0) is 43.7 Å². The lowest BCUT2D eigenvalue weighted by atomic mass is 10.0. The van der Waals surface area contributed by atoms with Crippen molar-refractivity contribution in [2.45, 2.75) is 26.3 Å². The van der Waals surface area contributed by atoms with Gasteiger partial charge in [0.2, 0.25) is 5.91 Å². The molecular formula is C22H22N2O2. The van der Waals surface area contributed by atoms with Gasteiger partial charge in [0.1, 0.15) is 0 Å². The van der Waals surface area contributed by atoms with Crippen LogP contribution in [-0.2, 0) is 4.79 Å². The number of nitrogens with zero attached hydrogens (tertiary/aromatic N) is 1. The molecule has 4 heteroatoms. The van der Waals surface area contributed by atoms with E-state index in [4.69, 9.17) is 0 Å². The van der Waals surface area contributed by atoms with Crippen LogP contribution in [0.25, 0.3) is 0 Å². The molecule has 3 rings (SSSR count). The van der Waals surface area contributed by atoms with Crippen LogP contribution in [0.1, 0.15) is 40.9 Å². The molecule has 3 aromatic rings. The Morgan fingerprint density at radius 3 is 2.35 bits per heavy atom. The van der Waals surface area contributed by atoms with E-state index in [2.05, 4.69) is 29.6 Å². The Hall–Kier alpha value is -3.14. The van der Waals surface area contributed by atoms with Gasteiger partial charge in [0, 0.05) is 23.6 Å². The smallest absolute Gasteiger partial charge is 0.226 e. The number of benzene rings is 2. The van der Waals surface area contributed by atoms with Crippen molar-refractivity contribution < 1.29 is 9.59 Å².